The molecule has 1 heterocycles. The molecule has 7 heteroatoms. The van der Waals surface area contributed by atoms with Crippen LogP contribution in [0.4, 0.5) is 0 Å². The van der Waals surface area contributed by atoms with Crippen LogP contribution in [0.1, 0.15) is 10.4 Å². The lowest BCUT2D eigenvalue weighted by molar-refractivity contribution is 0.468. The summed E-state index contributed by atoms with van der Waals surface area (Å²) in [5, 5.41) is 18.4. The van der Waals surface area contributed by atoms with Crippen molar-refractivity contribution in [3.05, 3.63) is 49.1 Å². The van der Waals surface area contributed by atoms with E-state index in [1.54, 1.807) is 6.07 Å². The Kier molecular flexibility index (Phi) is 5.05. The third kappa shape index (κ3) is 4.08. The molecule has 0 atom stereocenters. The second kappa shape index (κ2) is 6.57. The van der Waals surface area contributed by atoms with Crippen LogP contribution in [0.15, 0.2) is 34.5 Å². The van der Waals surface area contributed by atoms with Crippen molar-refractivity contribution in [2.75, 3.05) is 0 Å². The summed E-state index contributed by atoms with van der Waals surface area (Å²) in [4.78, 5) is 1.03. The highest BCUT2D eigenvalue weighted by Gasteiger charge is 2.07. The van der Waals surface area contributed by atoms with Gasteiger partial charge in [-0.25, -0.2) is 0 Å². The van der Waals surface area contributed by atoms with E-state index in [2.05, 4.69) is 10.2 Å². The summed E-state index contributed by atoms with van der Waals surface area (Å²) in [6, 6.07) is 6.82. The predicted octanol–water partition coefficient (Wildman–Crippen LogP) is 5.57. The number of nitrogens with zero attached hydrogens (tertiary/aromatic N) is 2. The molecule has 0 aliphatic rings. The van der Waals surface area contributed by atoms with Gasteiger partial charge in [-0.05, 0) is 24.3 Å². The summed E-state index contributed by atoms with van der Waals surface area (Å²) in [6.07, 6.45) is 0. The zero-order valence-corrected chi connectivity index (χ0v) is 12.7. The molecule has 19 heavy (non-hydrogen) atoms. The van der Waals surface area contributed by atoms with E-state index in [-0.39, 0.29) is 17.3 Å². The minimum Gasteiger partial charge on any atom is -0.506 e. The van der Waals surface area contributed by atoms with Crippen LogP contribution in [0.25, 0.3) is 0 Å². The second-order valence-electron chi connectivity index (χ2n) is 3.70. The Morgan fingerprint density at radius 1 is 1.05 bits per heavy atom. The molecule has 3 nitrogen and oxygen atoms in total. The number of phenols is 1. The number of phenolic OH excluding ortho intramolecular Hbond substituents is 1. The molecule has 0 spiro atoms. The van der Waals surface area contributed by atoms with Gasteiger partial charge < -0.3 is 5.11 Å². The smallest absolute Gasteiger partial charge is 0.139 e. The zero-order valence-electron chi connectivity index (χ0n) is 9.61. The lowest BCUT2D eigenvalue weighted by Crippen LogP contribution is -1.84. The van der Waals surface area contributed by atoms with Gasteiger partial charge in [-0.15, -0.1) is 11.3 Å². The Hall–Kier alpha value is -0.810. The lowest BCUT2D eigenvalue weighted by Gasteiger charge is -2.03. The molecule has 2 aromatic rings. The molecule has 1 aromatic heterocycles. The van der Waals surface area contributed by atoms with Crippen LogP contribution in [0, 0.1) is 0 Å². The van der Waals surface area contributed by atoms with Crippen molar-refractivity contribution in [3.8, 4) is 5.75 Å². The monoisotopic (exact) mass is 334 g/mol. The van der Waals surface area contributed by atoms with Crippen molar-refractivity contribution in [1.82, 2.24) is 0 Å². The topological polar surface area (TPSA) is 45.0 Å². The van der Waals surface area contributed by atoms with Crippen LogP contribution < -0.4 is 0 Å². The van der Waals surface area contributed by atoms with Gasteiger partial charge in [0.15, 0.2) is 0 Å². The second-order valence-corrected chi connectivity index (χ2v) is 6.34. The summed E-state index contributed by atoms with van der Waals surface area (Å²) in [7, 11) is 0. The number of halogens is 3. The fourth-order valence-corrected chi connectivity index (χ4v) is 2.96. The maximum atomic E-state index is 9.73. The minimum absolute atomic E-state index is 0.0100. The first-order chi connectivity index (χ1) is 9.06. The van der Waals surface area contributed by atoms with Gasteiger partial charge in [0.2, 0.25) is 0 Å². The van der Waals surface area contributed by atoms with Gasteiger partial charge in [0.1, 0.15) is 5.75 Å². The Labute approximate surface area is 129 Å². The van der Waals surface area contributed by atoms with E-state index >= 15 is 0 Å². The molecule has 0 radical (unpaired) electrons. The van der Waals surface area contributed by atoms with Crippen molar-refractivity contribution in [2.45, 2.75) is 13.1 Å². The number of aromatic hydroxyl groups is 1. The average molecular weight is 336 g/mol. The van der Waals surface area contributed by atoms with E-state index in [9.17, 15) is 5.11 Å². The maximum absolute atomic E-state index is 9.73. The molecule has 0 aliphatic carbocycles. The normalized spacial score (nSPS) is 11.3. The van der Waals surface area contributed by atoms with E-state index in [1.165, 1.54) is 17.4 Å². The van der Waals surface area contributed by atoms with Crippen molar-refractivity contribution < 1.29 is 5.11 Å². The van der Waals surface area contributed by atoms with Gasteiger partial charge in [-0.1, -0.05) is 34.8 Å². The van der Waals surface area contributed by atoms with E-state index in [4.69, 9.17) is 34.8 Å². The number of thiophene rings is 1. The first kappa shape index (κ1) is 14.6. The average Bonchev–Trinajstić information content (AvgIpc) is 2.76. The number of azo groups is 1. The standard InChI is InChI=1S/C12H9Cl3N2OS/c13-8-3-7(12(18)10(14)4-8)5-16-17-6-9-1-2-11(15)19-9/h1-4,18H,5-6H2. The van der Waals surface area contributed by atoms with Gasteiger partial charge in [0, 0.05) is 15.5 Å². The third-order valence-electron chi connectivity index (χ3n) is 2.30. The Morgan fingerprint density at radius 3 is 2.47 bits per heavy atom. The number of hydrogen-bond acceptors (Lipinski definition) is 4. The minimum atomic E-state index is -0.0100. The van der Waals surface area contributed by atoms with Crippen molar-refractivity contribution in [2.24, 2.45) is 10.2 Å². The molecule has 100 valence electrons. The van der Waals surface area contributed by atoms with E-state index < -0.39 is 0 Å². The fourth-order valence-electron chi connectivity index (χ4n) is 1.42. The predicted molar refractivity (Wildman–Crippen MR) is 79.7 cm³/mol. The highest BCUT2D eigenvalue weighted by molar-refractivity contribution is 7.16. The quantitative estimate of drug-likeness (QED) is 0.730. The molecule has 0 amide bonds. The Morgan fingerprint density at radius 2 is 1.79 bits per heavy atom. The van der Waals surface area contributed by atoms with Gasteiger partial charge in [0.25, 0.3) is 0 Å². The van der Waals surface area contributed by atoms with Crippen LogP contribution in [0.2, 0.25) is 14.4 Å². The molecule has 0 saturated heterocycles. The van der Waals surface area contributed by atoms with Crippen molar-refractivity contribution in [3.63, 3.8) is 0 Å². The van der Waals surface area contributed by atoms with E-state index in [0.29, 0.717) is 17.1 Å². The number of benzene rings is 1. The van der Waals surface area contributed by atoms with Crippen LogP contribution in [-0.2, 0) is 13.1 Å². The van der Waals surface area contributed by atoms with Crippen molar-refractivity contribution >= 4 is 46.1 Å². The van der Waals surface area contributed by atoms with Crippen LogP contribution in [0.5, 0.6) is 5.75 Å². The van der Waals surface area contributed by atoms with Gasteiger partial charge >= 0.3 is 0 Å². The van der Waals surface area contributed by atoms with Crippen LogP contribution in [0.3, 0.4) is 0 Å². The largest absolute Gasteiger partial charge is 0.506 e. The van der Waals surface area contributed by atoms with Crippen LogP contribution in [-0.4, -0.2) is 5.11 Å². The summed E-state index contributed by atoms with van der Waals surface area (Å²) in [5.41, 5.74) is 0.547. The molecule has 2 rings (SSSR count). The van der Waals surface area contributed by atoms with E-state index in [0.717, 1.165) is 9.21 Å². The lowest BCUT2D eigenvalue weighted by atomic mass is 10.2. The molecular formula is C12H9Cl3N2OS. The molecule has 0 bridgehead atoms. The van der Waals surface area contributed by atoms with Gasteiger partial charge in [-0.3, -0.25) is 0 Å². The highest BCUT2D eigenvalue weighted by Crippen LogP contribution is 2.31. The zero-order chi connectivity index (χ0) is 13.8. The molecule has 1 N–H and O–H groups in total. The summed E-state index contributed by atoms with van der Waals surface area (Å²) in [6.45, 7) is 0.692. The number of hydrogen-bond donors (Lipinski definition) is 1. The van der Waals surface area contributed by atoms with Gasteiger partial charge in [0.05, 0.1) is 22.4 Å². The fraction of sp³-hybridized carbons (Fsp3) is 0.167. The van der Waals surface area contributed by atoms with Crippen LogP contribution >= 0.6 is 46.1 Å². The number of rotatable bonds is 4. The van der Waals surface area contributed by atoms with Crippen molar-refractivity contribution in [1.29, 1.82) is 0 Å². The van der Waals surface area contributed by atoms with Gasteiger partial charge in [-0.2, -0.15) is 10.2 Å². The molecule has 0 fully saturated rings. The highest BCUT2D eigenvalue weighted by atomic mass is 35.5. The molecule has 0 aliphatic heterocycles. The van der Waals surface area contributed by atoms with E-state index in [1.807, 2.05) is 12.1 Å². The third-order valence-corrected chi connectivity index (χ3v) is 4.03. The molecule has 0 saturated carbocycles. The molecular weight excluding hydrogens is 327 g/mol. The first-order valence-corrected chi connectivity index (χ1v) is 7.25. The molecule has 0 unspecified atom stereocenters. The summed E-state index contributed by atoms with van der Waals surface area (Å²) < 4.78 is 0.726. The summed E-state index contributed by atoms with van der Waals surface area (Å²) in [5.74, 6) is -0.0100. The maximum Gasteiger partial charge on any atom is 0.139 e. The Bertz CT molecular complexity index is 613. The molecule has 1 aromatic carbocycles. The Balaban J connectivity index is 1.99. The summed E-state index contributed by atoms with van der Waals surface area (Å²) >= 11 is 18.9. The SMILES string of the molecule is Oc1c(Cl)cc(Cl)cc1CN=NCc1ccc(Cl)s1. The first-order valence-electron chi connectivity index (χ1n) is 5.30.